The van der Waals surface area contributed by atoms with Gasteiger partial charge in [-0.3, -0.25) is 9.89 Å². The lowest BCUT2D eigenvalue weighted by Crippen LogP contribution is -2.37. The smallest absolute Gasteiger partial charge is 0.272 e. The van der Waals surface area contributed by atoms with E-state index >= 15 is 0 Å². The molecule has 0 bridgehead atoms. The Morgan fingerprint density at radius 2 is 2.09 bits per heavy atom. The summed E-state index contributed by atoms with van der Waals surface area (Å²) >= 11 is 0. The zero-order valence-electron chi connectivity index (χ0n) is 13.1. The fraction of sp³-hybridized carbons (Fsp3) is 0.444. The van der Waals surface area contributed by atoms with Crippen LogP contribution in [0.25, 0.3) is 0 Å². The maximum absolute atomic E-state index is 12.8. The lowest BCUT2D eigenvalue weighted by molar-refractivity contribution is 0.0894. The van der Waals surface area contributed by atoms with Gasteiger partial charge >= 0.3 is 0 Å². The van der Waals surface area contributed by atoms with E-state index in [-0.39, 0.29) is 11.9 Å². The first-order valence-electron chi connectivity index (χ1n) is 8.45. The van der Waals surface area contributed by atoms with Crippen molar-refractivity contribution in [3.8, 4) is 0 Å². The van der Waals surface area contributed by atoms with Gasteiger partial charge in [0.15, 0.2) is 5.69 Å². The molecule has 5 heteroatoms. The van der Waals surface area contributed by atoms with Crippen molar-refractivity contribution in [1.29, 1.82) is 0 Å². The molecule has 0 saturated heterocycles. The molecule has 1 saturated carbocycles. The maximum atomic E-state index is 12.8. The average molecular weight is 310 g/mol. The number of carbonyl (C=O) groups excluding carboxylic acids is 1. The predicted octanol–water partition coefficient (Wildman–Crippen LogP) is 2.33. The predicted molar refractivity (Wildman–Crippen MR) is 88.0 cm³/mol. The van der Waals surface area contributed by atoms with E-state index in [0.717, 1.165) is 24.2 Å². The first-order valence-corrected chi connectivity index (χ1v) is 8.45. The fourth-order valence-electron chi connectivity index (χ4n) is 3.53. The minimum absolute atomic E-state index is 0.0630. The molecule has 2 aliphatic rings. The van der Waals surface area contributed by atoms with Crippen molar-refractivity contribution in [1.82, 2.24) is 20.8 Å². The Kier molecular flexibility index (Phi) is 3.87. The summed E-state index contributed by atoms with van der Waals surface area (Å²) in [5.74, 6) is 0.473. The summed E-state index contributed by atoms with van der Waals surface area (Å²) in [5, 5.41) is 13.8. The second kappa shape index (κ2) is 6.16. The van der Waals surface area contributed by atoms with Crippen LogP contribution in [0.15, 0.2) is 30.3 Å². The number of nitrogens with zero attached hydrogens (tertiary/aromatic N) is 1. The Morgan fingerprint density at radius 1 is 1.26 bits per heavy atom. The normalized spacial score (nSPS) is 18.8. The van der Waals surface area contributed by atoms with Crippen LogP contribution in [-0.2, 0) is 13.0 Å². The number of nitrogens with one attached hydrogen (secondary N) is 3. The number of hydrogen-bond acceptors (Lipinski definition) is 3. The number of carbonyl (C=O) groups is 1. The van der Waals surface area contributed by atoms with E-state index in [9.17, 15) is 4.79 Å². The number of aromatic nitrogens is 2. The molecule has 1 fully saturated rings. The quantitative estimate of drug-likeness (QED) is 0.812. The molecule has 1 aliphatic heterocycles. The molecule has 1 aromatic heterocycles. The number of hydrogen-bond donors (Lipinski definition) is 3. The van der Waals surface area contributed by atoms with Crippen LogP contribution in [0.4, 0.5) is 0 Å². The summed E-state index contributed by atoms with van der Waals surface area (Å²) in [6.07, 6.45) is 4.52. The Balaban J connectivity index is 1.57. The van der Waals surface area contributed by atoms with Crippen LogP contribution < -0.4 is 10.6 Å². The molecule has 2 aromatic rings. The van der Waals surface area contributed by atoms with Crippen LogP contribution >= 0.6 is 0 Å². The highest BCUT2D eigenvalue weighted by molar-refractivity contribution is 5.94. The van der Waals surface area contributed by atoms with Gasteiger partial charge < -0.3 is 10.6 Å². The van der Waals surface area contributed by atoms with E-state index in [1.165, 1.54) is 24.8 Å². The lowest BCUT2D eigenvalue weighted by Gasteiger charge is -2.34. The first kappa shape index (κ1) is 14.5. The molecule has 1 atom stereocenters. The summed E-state index contributed by atoms with van der Waals surface area (Å²) in [4.78, 5) is 12.8. The molecule has 1 aliphatic carbocycles. The van der Waals surface area contributed by atoms with Gasteiger partial charge in [-0.15, -0.1) is 0 Å². The highest BCUT2D eigenvalue weighted by Crippen LogP contribution is 2.37. The number of amides is 1. The standard InChI is InChI=1S/C18H22N4O/c23-18(17-14-11-19-10-9-15(14)21-22-17)20-16(13-7-4-8-13)12-5-2-1-3-6-12/h1-3,5-6,13,16,19H,4,7-11H2,(H,20,23)(H,21,22). The monoisotopic (exact) mass is 310 g/mol. The van der Waals surface area contributed by atoms with Gasteiger partial charge in [0.05, 0.1) is 6.04 Å². The number of benzene rings is 1. The largest absolute Gasteiger partial charge is 0.344 e. The molecule has 5 nitrogen and oxygen atoms in total. The third-order valence-electron chi connectivity index (χ3n) is 5.09. The minimum atomic E-state index is -0.0630. The van der Waals surface area contributed by atoms with E-state index < -0.39 is 0 Å². The third kappa shape index (κ3) is 2.77. The van der Waals surface area contributed by atoms with E-state index in [2.05, 4.69) is 33.0 Å². The molecule has 23 heavy (non-hydrogen) atoms. The van der Waals surface area contributed by atoms with Gasteiger partial charge in [-0.1, -0.05) is 36.8 Å². The summed E-state index contributed by atoms with van der Waals surface area (Å²) in [6.45, 7) is 1.65. The van der Waals surface area contributed by atoms with E-state index in [1.54, 1.807) is 0 Å². The molecule has 4 rings (SSSR count). The zero-order chi connectivity index (χ0) is 15.6. The van der Waals surface area contributed by atoms with Crippen molar-refractivity contribution in [3.63, 3.8) is 0 Å². The van der Waals surface area contributed by atoms with Gasteiger partial charge in [-0.2, -0.15) is 5.10 Å². The van der Waals surface area contributed by atoms with Gasteiger partial charge in [0.25, 0.3) is 5.91 Å². The minimum Gasteiger partial charge on any atom is -0.344 e. The maximum Gasteiger partial charge on any atom is 0.272 e. The number of rotatable bonds is 4. The SMILES string of the molecule is O=C(NC(c1ccccc1)C1CCC1)c1n[nH]c2c1CNCC2. The second-order valence-electron chi connectivity index (χ2n) is 6.51. The van der Waals surface area contributed by atoms with Crippen molar-refractivity contribution >= 4 is 5.91 Å². The van der Waals surface area contributed by atoms with Crippen LogP contribution in [-0.4, -0.2) is 22.6 Å². The van der Waals surface area contributed by atoms with Crippen molar-refractivity contribution in [2.75, 3.05) is 6.54 Å². The number of fused-ring (bicyclic) bond motifs is 1. The van der Waals surface area contributed by atoms with Crippen molar-refractivity contribution in [3.05, 3.63) is 52.8 Å². The van der Waals surface area contributed by atoms with Crippen LogP contribution in [0, 0.1) is 5.92 Å². The molecule has 1 unspecified atom stereocenters. The Hall–Kier alpha value is -2.14. The van der Waals surface area contributed by atoms with Crippen molar-refractivity contribution in [2.24, 2.45) is 5.92 Å². The first-order chi connectivity index (χ1) is 11.3. The Labute approximate surface area is 135 Å². The molecule has 0 radical (unpaired) electrons. The van der Waals surface area contributed by atoms with Crippen molar-refractivity contribution < 1.29 is 4.79 Å². The number of H-pyrrole nitrogens is 1. The summed E-state index contributed by atoms with van der Waals surface area (Å²) < 4.78 is 0. The van der Waals surface area contributed by atoms with Gasteiger partial charge in [0, 0.05) is 30.8 Å². The third-order valence-corrected chi connectivity index (χ3v) is 5.09. The van der Waals surface area contributed by atoms with Crippen LogP contribution in [0.3, 0.4) is 0 Å². The average Bonchev–Trinajstić information content (AvgIpc) is 2.97. The van der Waals surface area contributed by atoms with Crippen LogP contribution in [0.5, 0.6) is 0 Å². The highest BCUT2D eigenvalue weighted by Gasteiger charge is 2.31. The zero-order valence-corrected chi connectivity index (χ0v) is 13.1. The second-order valence-corrected chi connectivity index (χ2v) is 6.51. The fourth-order valence-corrected chi connectivity index (χ4v) is 3.53. The molecule has 1 amide bonds. The van der Waals surface area contributed by atoms with Gasteiger partial charge in [0.1, 0.15) is 0 Å². The van der Waals surface area contributed by atoms with E-state index in [0.29, 0.717) is 18.2 Å². The molecule has 120 valence electrons. The highest BCUT2D eigenvalue weighted by atomic mass is 16.2. The van der Waals surface area contributed by atoms with Crippen LogP contribution in [0.2, 0.25) is 0 Å². The van der Waals surface area contributed by atoms with Gasteiger partial charge in [0.2, 0.25) is 0 Å². The summed E-state index contributed by atoms with van der Waals surface area (Å²) in [5.41, 5.74) is 3.85. The molecule has 3 N–H and O–H groups in total. The molecular formula is C18H22N4O. The van der Waals surface area contributed by atoms with Gasteiger partial charge in [-0.25, -0.2) is 0 Å². The molecule has 1 aromatic carbocycles. The summed E-state index contributed by atoms with van der Waals surface area (Å²) in [7, 11) is 0. The topological polar surface area (TPSA) is 69.8 Å². The van der Waals surface area contributed by atoms with E-state index in [4.69, 9.17) is 0 Å². The lowest BCUT2D eigenvalue weighted by atomic mass is 9.77. The summed E-state index contributed by atoms with van der Waals surface area (Å²) in [6, 6.07) is 10.4. The Bertz CT molecular complexity index is 690. The molecule has 0 spiro atoms. The molecular weight excluding hydrogens is 288 g/mol. The van der Waals surface area contributed by atoms with Crippen molar-refractivity contribution in [2.45, 2.75) is 38.3 Å². The molecule has 2 heterocycles. The Morgan fingerprint density at radius 3 is 2.83 bits per heavy atom. The number of aromatic amines is 1. The van der Waals surface area contributed by atoms with Crippen LogP contribution in [0.1, 0.15) is 52.6 Å². The van der Waals surface area contributed by atoms with Gasteiger partial charge in [-0.05, 0) is 24.3 Å². The van der Waals surface area contributed by atoms with E-state index in [1.807, 2.05) is 18.2 Å².